The molecular formula is C12H20N2O. The van der Waals surface area contributed by atoms with Gasteiger partial charge in [-0.2, -0.15) is 0 Å². The molecule has 1 aromatic heterocycles. The summed E-state index contributed by atoms with van der Waals surface area (Å²) in [7, 11) is 0. The van der Waals surface area contributed by atoms with Gasteiger partial charge in [-0.3, -0.25) is 0 Å². The van der Waals surface area contributed by atoms with E-state index in [1.807, 2.05) is 52.8 Å². The summed E-state index contributed by atoms with van der Waals surface area (Å²) in [5, 5.41) is 4.53. The van der Waals surface area contributed by atoms with Crippen LogP contribution >= 0.6 is 0 Å². The van der Waals surface area contributed by atoms with E-state index in [9.17, 15) is 0 Å². The summed E-state index contributed by atoms with van der Waals surface area (Å²) >= 11 is 0. The molecule has 2 rings (SSSR count). The highest BCUT2D eigenvalue weighted by Gasteiger charge is 2.02. The minimum atomic E-state index is 0.462. The standard InChI is InChI=1S/C8H8N2O.2C2H6/c1-5-2-3-7-6(4-5)8(9)10-11-7;2*1-2/h2-4H,1H3,(H2,9,10);2*1-2H3. The predicted molar refractivity (Wildman–Crippen MR) is 65.9 cm³/mol. The molecule has 15 heavy (non-hydrogen) atoms. The Morgan fingerprint density at radius 2 is 1.73 bits per heavy atom. The van der Waals surface area contributed by atoms with Crippen LogP contribution in [0.5, 0.6) is 0 Å². The summed E-state index contributed by atoms with van der Waals surface area (Å²) in [5.41, 5.74) is 7.44. The van der Waals surface area contributed by atoms with E-state index in [0.717, 1.165) is 16.5 Å². The summed E-state index contributed by atoms with van der Waals surface area (Å²) < 4.78 is 4.93. The highest BCUT2D eigenvalue weighted by Crippen LogP contribution is 2.20. The second kappa shape index (κ2) is 6.87. The van der Waals surface area contributed by atoms with E-state index in [1.165, 1.54) is 0 Å². The summed E-state index contributed by atoms with van der Waals surface area (Å²) in [5.74, 6) is 0.462. The van der Waals surface area contributed by atoms with Crippen molar-refractivity contribution >= 4 is 16.8 Å². The van der Waals surface area contributed by atoms with Gasteiger partial charge in [0, 0.05) is 0 Å². The van der Waals surface area contributed by atoms with E-state index >= 15 is 0 Å². The Kier molecular flexibility index (Phi) is 6.18. The fourth-order valence-electron chi connectivity index (χ4n) is 1.07. The Hall–Kier alpha value is -1.51. The molecule has 0 amide bonds. The van der Waals surface area contributed by atoms with Crippen molar-refractivity contribution in [3.8, 4) is 0 Å². The normalized spacial score (nSPS) is 8.60. The second-order valence-electron chi connectivity index (χ2n) is 2.57. The molecule has 3 heteroatoms. The number of hydrogen-bond acceptors (Lipinski definition) is 3. The number of fused-ring (bicyclic) bond motifs is 1. The molecule has 84 valence electrons. The molecule has 0 aliphatic carbocycles. The lowest BCUT2D eigenvalue weighted by Gasteiger charge is -1.89. The Morgan fingerprint density at radius 3 is 2.33 bits per heavy atom. The third kappa shape index (κ3) is 3.27. The van der Waals surface area contributed by atoms with Gasteiger partial charge in [-0.1, -0.05) is 44.5 Å². The van der Waals surface area contributed by atoms with Gasteiger partial charge < -0.3 is 10.3 Å². The molecule has 0 saturated carbocycles. The van der Waals surface area contributed by atoms with Crippen molar-refractivity contribution in [3.63, 3.8) is 0 Å². The number of nitrogens with zero attached hydrogens (tertiary/aromatic N) is 1. The maximum atomic E-state index is 5.54. The first kappa shape index (κ1) is 13.5. The molecular weight excluding hydrogens is 188 g/mol. The number of aromatic nitrogens is 1. The van der Waals surface area contributed by atoms with Crippen LogP contribution in [0.3, 0.4) is 0 Å². The van der Waals surface area contributed by atoms with Crippen molar-refractivity contribution in [1.82, 2.24) is 5.16 Å². The highest BCUT2D eigenvalue weighted by atomic mass is 16.5. The molecule has 3 nitrogen and oxygen atoms in total. The minimum Gasteiger partial charge on any atom is -0.380 e. The molecule has 2 aromatic rings. The van der Waals surface area contributed by atoms with Crippen LogP contribution in [-0.4, -0.2) is 5.16 Å². The number of nitrogens with two attached hydrogens (primary N) is 1. The maximum Gasteiger partial charge on any atom is 0.174 e. The molecule has 1 aromatic carbocycles. The fraction of sp³-hybridized carbons (Fsp3) is 0.417. The van der Waals surface area contributed by atoms with Gasteiger partial charge >= 0.3 is 0 Å². The Balaban J connectivity index is 0.000000442. The summed E-state index contributed by atoms with van der Waals surface area (Å²) in [6.45, 7) is 10.0. The van der Waals surface area contributed by atoms with E-state index in [4.69, 9.17) is 10.3 Å². The Morgan fingerprint density at radius 1 is 1.13 bits per heavy atom. The first-order valence-electron chi connectivity index (χ1n) is 5.39. The van der Waals surface area contributed by atoms with Crippen LogP contribution in [0, 0.1) is 6.92 Å². The van der Waals surface area contributed by atoms with Gasteiger partial charge in [-0.05, 0) is 19.1 Å². The van der Waals surface area contributed by atoms with E-state index in [1.54, 1.807) is 0 Å². The highest BCUT2D eigenvalue weighted by molar-refractivity contribution is 5.87. The van der Waals surface area contributed by atoms with Gasteiger partial charge in [0.25, 0.3) is 0 Å². The number of benzene rings is 1. The second-order valence-corrected chi connectivity index (χ2v) is 2.57. The summed E-state index contributed by atoms with van der Waals surface area (Å²) in [6, 6.07) is 5.79. The average molecular weight is 208 g/mol. The number of rotatable bonds is 0. The summed E-state index contributed by atoms with van der Waals surface area (Å²) in [6.07, 6.45) is 0. The van der Waals surface area contributed by atoms with Crippen LogP contribution in [0.15, 0.2) is 22.7 Å². The van der Waals surface area contributed by atoms with Gasteiger partial charge in [0.15, 0.2) is 11.4 Å². The van der Waals surface area contributed by atoms with Crippen molar-refractivity contribution in [2.24, 2.45) is 0 Å². The molecule has 0 fully saturated rings. The largest absolute Gasteiger partial charge is 0.380 e. The molecule has 2 N–H and O–H groups in total. The molecule has 1 heterocycles. The van der Waals surface area contributed by atoms with Gasteiger partial charge in [0.1, 0.15) is 0 Å². The zero-order chi connectivity index (χ0) is 11.8. The number of nitrogen functional groups attached to an aromatic ring is 1. The van der Waals surface area contributed by atoms with Crippen molar-refractivity contribution in [3.05, 3.63) is 23.8 Å². The molecule has 0 radical (unpaired) electrons. The zero-order valence-electron chi connectivity index (χ0n) is 10.2. The lowest BCUT2D eigenvalue weighted by Crippen LogP contribution is -1.83. The van der Waals surface area contributed by atoms with E-state index in [0.29, 0.717) is 5.82 Å². The average Bonchev–Trinajstić information content (AvgIpc) is 2.66. The molecule has 0 bridgehead atoms. The lowest BCUT2D eigenvalue weighted by molar-refractivity contribution is 0.460. The summed E-state index contributed by atoms with van der Waals surface area (Å²) in [4.78, 5) is 0. The number of aryl methyl sites for hydroxylation is 1. The van der Waals surface area contributed by atoms with Crippen molar-refractivity contribution in [2.45, 2.75) is 34.6 Å². The van der Waals surface area contributed by atoms with Gasteiger partial charge in [0.05, 0.1) is 5.39 Å². The smallest absolute Gasteiger partial charge is 0.174 e. The lowest BCUT2D eigenvalue weighted by atomic mass is 10.2. The van der Waals surface area contributed by atoms with Crippen LogP contribution in [0.1, 0.15) is 33.3 Å². The SMILES string of the molecule is CC.CC.Cc1ccc2onc(N)c2c1. The first-order chi connectivity index (χ1) is 7.27. The zero-order valence-corrected chi connectivity index (χ0v) is 10.2. The van der Waals surface area contributed by atoms with Crippen molar-refractivity contribution in [1.29, 1.82) is 0 Å². The van der Waals surface area contributed by atoms with E-state index < -0.39 is 0 Å². The maximum absolute atomic E-state index is 5.54. The topological polar surface area (TPSA) is 52.0 Å². The Bertz CT molecular complexity index is 393. The van der Waals surface area contributed by atoms with Crippen LogP contribution in [0.4, 0.5) is 5.82 Å². The predicted octanol–water partition coefficient (Wildman–Crippen LogP) is 3.77. The van der Waals surface area contributed by atoms with Crippen LogP contribution in [-0.2, 0) is 0 Å². The van der Waals surface area contributed by atoms with Crippen LogP contribution in [0.25, 0.3) is 11.0 Å². The van der Waals surface area contributed by atoms with Gasteiger partial charge in [-0.25, -0.2) is 0 Å². The fourth-order valence-corrected chi connectivity index (χ4v) is 1.07. The molecule has 0 atom stereocenters. The van der Waals surface area contributed by atoms with Crippen molar-refractivity contribution in [2.75, 3.05) is 5.73 Å². The van der Waals surface area contributed by atoms with Crippen molar-refractivity contribution < 1.29 is 4.52 Å². The third-order valence-electron chi connectivity index (χ3n) is 1.65. The molecule has 0 aliphatic rings. The van der Waals surface area contributed by atoms with Gasteiger partial charge in [0.2, 0.25) is 0 Å². The quantitative estimate of drug-likeness (QED) is 0.717. The molecule has 0 saturated heterocycles. The first-order valence-corrected chi connectivity index (χ1v) is 5.39. The monoisotopic (exact) mass is 208 g/mol. The molecule has 0 spiro atoms. The number of anilines is 1. The molecule has 0 aliphatic heterocycles. The van der Waals surface area contributed by atoms with Crippen LogP contribution in [0.2, 0.25) is 0 Å². The Labute approximate surface area is 91.3 Å². The third-order valence-corrected chi connectivity index (χ3v) is 1.65. The van der Waals surface area contributed by atoms with E-state index in [2.05, 4.69) is 5.16 Å². The number of hydrogen-bond donors (Lipinski definition) is 1. The van der Waals surface area contributed by atoms with Crippen LogP contribution < -0.4 is 5.73 Å². The van der Waals surface area contributed by atoms with E-state index in [-0.39, 0.29) is 0 Å². The minimum absolute atomic E-state index is 0.462. The van der Waals surface area contributed by atoms with Gasteiger partial charge in [-0.15, -0.1) is 0 Å². The molecule has 0 unspecified atom stereocenters.